The average molecular weight is 337 g/mol. The Balaban J connectivity index is 1.59. The Morgan fingerprint density at radius 2 is 2.30 bits per heavy atom. The molecule has 128 valence electrons. The van der Waals surface area contributed by atoms with Gasteiger partial charge in [-0.05, 0) is 25.7 Å². The van der Waals surface area contributed by atoms with Crippen molar-refractivity contribution in [3.05, 3.63) is 15.6 Å². The summed E-state index contributed by atoms with van der Waals surface area (Å²) in [6.45, 7) is 11.3. The first-order valence-corrected chi connectivity index (χ1v) is 9.34. The van der Waals surface area contributed by atoms with E-state index in [4.69, 9.17) is 9.72 Å². The normalized spacial score (nSPS) is 25.1. The highest BCUT2D eigenvalue weighted by molar-refractivity contribution is 7.11. The molecular weight excluding hydrogens is 308 g/mol. The molecule has 2 fully saturated rings. The number of nitrogens with one attached hydrogen (secondary N) is 1. The number of rotatable bonds is 3. The summed E-state index contributed by atoms with van der Waals surface area (Å²) in [6, 6.07) is 0. The summed E-state index contributed by atoms with van der Waals surface area (Å²) in [5.41, 5.74) is 1.59. The lowest BCUT2D eigenvalue weighted by Gasteiger charge is -2.24. The van der Waals surface area contributed by atoms with Gasteiger partial charge in [-0.25, -0.2) is 4.98 Å². The number of nitrogens with zero attached hydrogens (tertiary/aromatic N) is 3. The van der Waals surface area contributed by atoms with Crippen LogP contribution >= 0.6 is 11.3 Å². The highest BCUT2D eigenvalue weighted by Gasteiger charge is 2.42. The molecule has 23 heavy (non-hydrogen) atoms. The molecule has 1 aromatic rings. The zero-order valence-electron chi connectivity index (χ0n) is 14.7. The van der Waals surface area contributed by atoms with Crippen LogP contribution in [-0.4, -0.2) is 49.2 Å². The molecule has 3 rings (SSSR count). The number of thiazole rings is 1. The van der Waals surface area contributed by atoms with Crippen LogP contribution in [0, 0.1) is 12.3 Å². The maximum absolute atomic E-state index is 5.62. The minimum Gasteiger partial charge on any atom is -0.381 e. The van der Waals surface area contributed by atoms with Gasteiger partial charge in [0.1, 0.15) is 5.01 Å². The number of guanidine groups is 1. The van der Waals surface area contributed by atoms with Crippen molar-refractivity contribution in [1.29, 1.82) is 0 Å². The Kier molecular flexibility index (Phi) is 4.92. The standard InChI is InChI=1S/C17H28N4OS/c1-12(2)15-13(3)23-14(20-15)9-19-16(18-4)21-7-5-17(10-21)6-8-22-11-17/h12H,5-11H2,1-4H3,(H,18,19). The second kappa shape index (κ2) is 6.77. The van der Waals surface area contributed by atoms with E-state index in [0.29, 0.717) is 11.3 Å². The van der Waals surface area contributed by atoms with E-state index in [9.17, 15) is 0 Å². The van der Waals surface area contributed by atoms with Gasteiger partial charge in [-0.1, -0.05) is 13.8 Å². The predicted octanol–water partition coefficient (Wildman–Crippen LogP) is 2.76. The lowest BCUT2D eigenvalue weighted by atomic mass is 9.87. The van der Waals surface area contributed by atoms with Gasteiger partial charge in [0.25, 0.3) is 0 Å². The zero-order chi connectivity index (χ0) is 16.4. The van der Waals surface area contributed by atoms with E-state index in [1.165, 1.54) is 23.4 Å². The third-order valence-electron chi connectivity index (χ3n) is 4.96. The lowest BCUT2D eigenvalue weighted by Crippen LogP contribution is -2.41. The van der Waals surface area contributed by atoms with E-state index in [1.54, 1.807) is 11.3 Å². The molecule has 0 amide bonds. The number of ether oxygens (including phenoxy) is 1. The summed E-state index contributed by atoms with van der Waals surface area (Å²) in [7, 11) is 1.87. The van der Waals surface area contributed by atoms with Crippen molar-refractivity contribution in [3.63, 3.8) is 0 Å². The third-order valence-corrected chi connectivity index (χ3v) is 5.94. The largest absolute Gasteiger partial charge is 0.381 e. The maximum atomic E-state index is 5.62. The fraction of sp³-hybridized carbons (Fsp3) is 0.765. The highest BCUT2D eigenvalue weighted by atomic mass is 32.1. The van der Waals surface area contributed by atoms with Gasteiger partial charge < -0.3 is 15.0 Å². The predicted molar refractivity (Wildman–Crippen MR) is 95.2 cm³/mol. The van der Waals surface area contributed by atoms with Gasteiger partial charge in [-0.2, -0.15) is 0 Å². The molecule has 0 aromatic carbocycles. The summed E-state index contributed by atoms with van der Waals surface area (Å²) in [6.07, 6.45) is 2.39. The van der Waals surface area contributed by atoms with E-state index in [-0.39, 0.29) is 0 Å². The Hall–Kier alpha value is -1.14. The van der Waals surface area contributed by atoms with Crippen molar-refractivity contribution in [2.75, 3.05) is 33.4 Å². The first kappa shape index (κ1) is 16.7. The molecule has 2 saturated heterocycles. The van der Waals surface area contributed by atoms with Gasteiger partial charge in [-0.15, -0.1) is 11.3 Å². The number of hydrogen-bond acceptors (Lipinski definition) is 4. The fourth-order valence-corrected chi connectivity index (χ4v) is 4.68. The van der Waals surface area contributed by atoms with E-state index >= 15 is 0 Å². The third kappa shape index (κ3) is 3.53. The molecule has 0 bridgehead atoms. The first-order valence-electron chi connectivity index (χ1n) is 8.52. The number of hydrogen-bond donors (Lipinski definition) is 1. The van der Waals surface area contributed by atoms with Crippen molar-refractivity contribution in [2.45, 2.75) is 46.1 Å². The van der Waals surface area contributed by atoms with Crippen molar-refractivity contribution in [2.24, 2.45) is 10.4 Å². The SMILES string of the molecule is CN=C(NCc1nc(C(C)C)c(C)s1)N1CCC2(CCOC2)C1. The molecule has 1 atom stereocenters. The Morgan fingerprint density at radius 1 is 1.48 bits per heavy atom. The van der Waals surface area contributed by atoms with Gasteiger partial charge in [0.2, 0.25) is 0 Å². The lowest BCUT2D eigenvalue weighted by molar-refractivity contribution is 0.156. The molecule has 3 heterocycles. The topological polar surface area (TPSA) is 49.8 Å². The second-order valence-electron chi connectivity index (χ2n) is 7.08. The Bertz CT molecular complexity index is 575. The smallest absolute Gasteiger partial charge is 0.194 e. The van der Waals surface area contributed by atoms with Crippen molar-refractivity contribution < 1.29 is 4.74 Å². The molecule has 1 spiro atoms. The van der Waals surface area contributed by atoms with Gasteiger partial charge in [0.15, 0.2) is 5.96 Å². The summed E-state index contributed by atoms with van der Waals surface area (Å²) < 4.78 is 5.62. The molecule has 6 heteroatoms. The number of aryl methyl sites for hydroxylation is 1. The molecule has 0 aliphatic carbocycles. The number of likely N-dealkylation sites (tertiary alicyclic amines) is 1. The van der Waals surface area contributed by atoms with Crippen LogP contribution in [0.1, 0.15) is 48.2 Å². The molecule has 2 aliphatic rings. The quantitative estimate of drug-likeness (QED) is 0.681. The molecule has 2 aliphatic heterocycles. The first-order chi connectivity index (χ1) is 11.0. The average Bonchev–Trinajstić information content (AvgIpc) is 3.22. The highest BCUT2D eigenvalue weighted by Crippen LogP contribution is 2.38. The Labute approximate surface area is 143 Å². The van der Waals surface area contributed by atoms with Crippen LogP contribution in [0.25, 0.3) is 0 Å². The molecular formula is C17H28N4OS. The molecule has 0 saturated carbocycles. The van der Waals surface area contributed by atoms with Gasteiger partial charge in [0.05, 0.1) is 18.8 Å². The van der Waals surface area contributed by atoms with E-state index in [1.807, 2.05) is 7.05 Å². The summed E-state index contributed by atoms with van der Waals surface area (Å²) >= 11 is 1.79. The molecule has 5 nitrogen and oxygen atoms in total. The summed E-state index contributed by atoms with van der Waals surface area (Å²) in [5, 5.41) is 4.64. The summed E-state index contributed by atoms with van der Waals surface area (Å²) in [4.78, 5) is 12.9. The number of aromatic nitrogens is 1. The molecule has 0 radical (unpaired) electrons. The maximum Gasteiger partial charge on any atom is 0.194 e. The minimum atomic E-state index is 0.361. The van der Waals surface area contributed by atoms with Crippen LogP contribution < -0.4 is 5.32 Å². The second-order valence-corrected chi connectivity index (χ2v) is 8.37. The van der Waals surface area contributed by atoms with Crippen LogP contribution in [0.15, 0.2) is 4.99 Å². The zero-order valence-corrected chi connectivity index (χ0v) is 15.5. The van der Waals surface area contributed by atoms with Crippen molar-refractivity contribution >= 4 is 17.3 Å². The van der Waals surface area contributed by atoms with Gasteiger partial charge in [-0.3, -0.25) is 4.99 Å². The van der Waals surface area contributed by atoms with Crippen LogP contribution in [0.5, 0.6) is 0 Å². The van der Waals surface area contributed by atoms with Crippen LogP contribution in [0.3, 0.4) is 0 Å². The van der Waals surface area contributed by atoms with Crippen molar-refractivity contribution in [1.82, 2.24) is 15.2 Å². The van der Waals surface area contributed by atoms with E-state index < -0.39 is 0 Å². The number of aliphatic imine (C=N–C) groups is 1. The van der Waals surface area contributed by atoms with E-state index in [2.05, 4.69) is 36.0 Å². The Morgan fingerprint density at radius 3 is 2.91 bits per heavy atom. The van der Waals surface area contributed by atoms with Gasteiger partial charge >= 0.3 is 0 Å². The van der Waals surface area contributed by atoms with Crippen LogP contribution in [-0.2, 0) is 11.3 Å². The van der Waals surface area contributed by atoms with Crippen molar-refractivity contribution in [3.8, 4) is 0 Å². The molecule has 1 unspecified atom stereocenters. The van der Waals surface area contributed by atoms with Crippen LogP contribution in [0.2, 0.25) is 0 Å². The molecule has 1 N–H and O–H groups in total. The van der Waals surface area contributed by atoms with E-state index in [0.717, 1.165) is 43.8 Å². The molecule has 1 aromatic heterocycles. The fourth-order valence-electron chi connectivity index (χ4n) is 3.65. The van der Waals surface area contributed by atoms with Crippen LogP contribution in [0.4, 0.5) is 0 Å². The monoisotopic (exact) mass is 336 g/mol. The minimum absolute atomic E-state index is 0.361. The van der Waals surface area contributed by atoms with Gasteiger partial charge in [0, 0.05) is 37.0 Å². The summed E-state index contributed by atoms with van der Waals surface area (Å²) in [5.74, 6) is 1.48.